The second-order valence-electron chi connectivity index (χ2n) is 7.00. The van der Waals surface area contributed by atoms with Crippen molar-refractivity contribution in [2.24, 2.45) is 0 Å². The summed E-state index contributed by atoms with van der Waals surface area (Å²) in [5.74, 6) is -57.7. The lowest BCUT2D eigenvalue weighted by atomic mass is 9.88. The van der Waals surface area contributed by atoms with E-state index in [1.165, 1.54) is 0 Å². The van der Waals surface area contributed by atoms with E-state index in [0.717, 1.165) is 18.2 Å². The zero-order chi connectivity index (χ0) is 29.7. The molecule has 0 aromatic heterocycles. The second kappa shape index (κ2) is 9.21. The molecule has 214 valence electrons. The topological polar surface area (TPSA) is 52.4 Å². The lowest BCUT2D eigenvalue weighted by Gasteiger charge is -2.42. The van der Waals surface area contributed by atoms with Crippen molar-refractivity contribution in [2.45, 2.75) is 54.1 Å². The Hall–Kier alpha value is -2.77. The predicted molar refractivity (Wildman–Crippen MR) is 83.9 cm³/mol. The fraction of sp³-hybridized carbons (Fsp3) is 0.625. The van der Waals surface area contributed by atoms with Crippen LogP contribution in [0.25, 0.3) is 0 Å². The first kappa shape index (κ1) is 32.3. The van der Waals surface area contributed by atoms with Gasteiger partial charge in [0.25, 0.3) is 5.69 Å². The number of nitro benzene ring substituents is 1. The van der Waals surface area contributed by atoms with Crippen LogP contribution in [-0.4, -0.2) is 59.2 Å². The summed E-state index contributed by atoms with van der Waals surface area (Å²) in [6, 6.07) is 2.82. The number of nitro groups is 1. The third kappa shape index (κ3) is 4.91. The summed E-state index contributed by atoms with van der Waals surface area (Å²) < 4.78 is 228. The highest BCUT2D eigenvalue weighted by Crippen LogP contribution is 2.64. The molecule has 0 aliphatic rings. The maximum atomic E-state index is 13.7. The number of alkyl halides is 17. The minimum atomic E-state index is -8.69. The van der Waals surface area contributed by atoms with Gasteiger partial charge in [-0.1, -0.05) is 6.07 Å². The van der Waals surface area contributed by atoms with Gasteiger partial charge in [-0.25, -0.2) is 0 Å². The number of nitrogens with zero attached hydrogens (tertiary/aromatic N) is 1. The third-order valence-electron chi connectivity index (χ3n) is 4.50. The van der Waals surface area contributed by atoms with Crippen molar-refractivity contribution >= 4 is 5.69 Å². The van der Waals surface area contributed by atoms with Gasteiger partial charge in [0.2, 0.25) is 0 Å². The number of rotatable bonds is 11. The summed E-state index contributed by atoms with van der Waals surface area (Å²) in [5.41, 5.74) is -0.792. The second-order valence-corrected chi connectivity index (χ2v) is 7.00. The largest absolute Gasteiger partial charge is 0.493 e. The average Bonchev–Trinajstić information content (AvgIpc) is 2.72. The Bertz CT molecular complexity index is 989. The van der Waals surface area contributed by atoms with E-state index >= 15 is 0 Å². The van der Waals surface area contributed by atoms with Gasteiger partial charge in [-0.15, -0.1) is 0 Å². The van der Waals surface area contributed by atoms with E-state index in [0.29, 0.717) is 6.07 Å². The summed E-state index contributed by atoms with van der Waals surface area (Å²) in [4.78, 5) is 9.46. The van der Waals surface area contributed by atoms with Gasteiger partial charge in [0.1, 0.15) is 5.75 Å². The summed E-state index contributed by atoms with van der Waals surface area (Å²) in [6.45, 7) is -1.90. The van der Waals surface area contributed by atoms with E-state index in [2.05, 4.69) is 4.74 Å². The zero-order valence-corrected chi connectivity index (χ0v) is 16.8. The summed E-state index contributed by atoms with van der Waals surface area (Å²) in [6.07, 6.45) is -10.6. The maximum absolute atomic E-state index is 13.7. The van der Waals surface area contributed by atoms with Crippen molar-refractivity contribution in [1.29, 1.82) is 0 Å². The molecular formula is C16H8F17NO3. The molecular weight excluding hydrogens is 577 g/mol. The Balaban J connectivity index is 3.33. The van der Waals surface area contributed by atoms with Gasteiger partial charge in [-0.2, -0.15) is 74.6 Å². The molecule has 21 heteroatoms. The first-order chi connectivity index (χ1) is 16.1. The molecule has 1 aromatic rings. The van der Waals surface area contributed by atoms with Gasteiger partial charge in [0, 0.05) is 6.07 Å². The van der Waals surface area contributed by atoms with Crippen LogP contribution in [0.2, 0.25) is 0 Å². The molecule has 0 fully saturated rings. The molecule has 0 heterocycles. The lowest BCUT2D eigenvalue weighted by molar-refractivity contribution is -0.461. The fourth-order valence-corrected chi connectivity index (χ4v) is 2.34. The molecule has 0 bridgehead atoms. The third-order valence-corrected chi connectivity index (χ3v) is 4.50. The Kier molecular flexibility index (Phi) is 8.03. The van der Waals surface area contributed by atoms with Crippen molar-refractivity contribution in [3.8, 4) is 5.75 Å². The molecule has 0 unspecified atom stereocenters. The number of hydrogen-bond acceptors (Lipinski definition) is 3. The molecule has 0 spiro atoms. The number of halogens is 17. The van der Waals surface area contributed by atoms with Gasteiger partial charge in [-0.05, 0) is 6.07 Å². The van der Waals surface area contributed by atoms with Crippen molar-refractivity contribution in [3.63, 3.8) is 0 Å². The summed E-state index contributed by atoms with van der Waals surface area (Å²) in [7, 11) is 0. The predicted octanol–water partition coefficient (Wildman–Crippen LogP) is 7.37. The Morgan fingerprint density at radius 3 is 1.46 bits per heavy atom. The molecule has 37 heavy (non-hydrogen) atoms. The maximum Gasteiger partial charge on any atom is 0.460 e. The molecule has 0 atom stereocenters. The van der Waals surface area contributed by atoms with Gasteiger partial charge >= 0.3 is 47.6 Å². The first-order valence-electron chi connectivity index (χ1n) is 8.72. The van der Waals surface area contributed by atoms with Crippen LogP contribution in [0.15, 0.2) is 24.3 Å². The molecule has 4 nitrogen and oxygen atoms in total. The minimum absolute atomic E-state index is 0.461. The molecule has 1 aromatic carbocycles. The molecule has 0 aliphatic carbocycles. The number of hydrogen-bond donors (Lipinski definition) is 0. The molecule has 0 radical (unpaired) electrons. The van der Waals surface area contributed by atoms with E-state index in [1.807, 2.05) is 0 Å². The van der Waals surface area contributed by atoms with Crippen LogP contribution in [0.1, 0.15) is 6.42 Å². The van der Waals surface area contributed by atoms with Gasteiger partial charge in [-0.3, -0.25) is 10.1 Å². The van der Waals surface area contributed by atoms with Crippen LogP contribution < -0.4 is 4.74 Å². The Morgan fingerprint density at radius 1 is 0.649 bits per heavy atom. The van der Waals surface area contributed by atoms with E-state index in [4.69, 9.17) is 0 Å². The summed E-state index contributed by atoms with van der Waals surface area (Å²) in [5, 5.41) is 10.5. The Morgan fingerprint density at radius 2 is 1.05 bits per heavy atom. The fourth-order valence-electron chi connectivity index (χ4n) is 2.34. The minimum Gasteiger partial charge on any atom is -0.493 e. The molecule has 1 rings (SSSR count). The molecule has 0 saturated carbocycles. The van der Waals surface area contributed by atoms with Crippen LogP contribution >= 0.6 is 0 Å². The summed E-state index contributed by atoms with van der Waals surface area (Å²) >= 11 is 0. The average molecular weight is 585 g/mol. The highest BCUT2D eigenvalue weighted by molar-refractivity contribution is 5.37. The number of non-ortho nitro benzene ring substituents is 1. The van der Waals surface area contributed by atoms with Gasteiger partial charge in [0.05, 0.1) is 24.0 Å². The zero-order valence-electron chi connectivity index (χ0n) is 16.8. The number of ether oxygens (including phenoxy) is 1. The molecule has 0 saturated heterocycles. The van der Waals surface area contributed by atoms with Crippen LogP contribution in [-0.2, 0) is 0 Å². The van der Waals surface area contributed by atoms with Gasteiger partial charge < -0.3 is 4.74 Å². The highest BCUT2D eigenvalue weighted by Gasteiger charge is 2.95. The molecule has 0 N–H and O–H groups in total. The van der Waals surface area contributed by atoms with E-state index in [9.17, 15) is 84.8 Å². The monoisotopic (exact) mass is 585 g/mol. The van der Waals surface area contributed by atoms with Crippen LogP contribution in [0, 0.1) is 10.1 Å². The molecule has 0 aliphatic heterocycles. The Labute approximate surface area is 192 Å². The lowest BCUT2D eigenvalue weighted by Crippen LogP contribution is -2.74. The van der Waals surface area contributed by atoms with Crippen molar-refractivity contribution < 1.29 is 84.3 Å². The highest BCUT2D eigenvalue weighted by atomic mass is 19.4. The van der Waals surface area contributed by atoms with E-state index in [1.54, 1.807) is 0 Å². The van der Waals surface area contributed by atoms with Gasteiger partial charge in [0.15, 0.2) is 0 Å². The van der Waals surface area contributed by atoms with Crippen LogP contribution in [0.3, 0.4) is 0 Å². The van der Waals surface area contributed by atoms with E-state index in [-0.39, 0.29) is 0 Å². The van der Waals surface area contributed by atoms with Crippen molar-refractivity contribution in [2.75, 3.05) is 6.61 Å². The quantitative estimate of drug-likeness (QED) is 0.155. The normalized spacial score (nSPS) is 15.1. The smallest absolute Gasteiger partial charge is 0.460 e. The van der Waals surface area contributed by atoms with Crippen LogP contribution in [0.5, 0.6) is 5.75 Å². The van der Waals surface area contributed by atoms with Crippen molar-refractivity contribution in [1.82, 2.24) is 0 Å². The standard InChI is InChI=1S/C16H8F17NO3/c17-9(18,4-5-37-8-3-1-2-7(6-8)34(35)36)10(19,20)11(21,22)12(23,24)13(25,26)14(27,28)15(29,30)16(31,32)33/h1-3,6H,4-5H2. The SMILES string of the molecule is O=[N+]([O-])c1cccc(OCCC(F)(F)C(F)(F)C(F)(F)C(F)(F)C(F)(F)C(F)(F)C(F)(F)C(F)(F)F)c1. The number of benzene rings is 1. The van der Waals surface area contributed by atoms with E-state index < -0.39 is 77.0 Å². The van der Waals surface area contributed by atoms with Crippen molar-refractivity contribution in [3.05, 3.63) is 34.4 Å². The first-order valence-corrected chi connectivity index (χ1v) is 8.72. The molecule has 0 amide bonds. The van der Waals surface area contributed by atoms with Crippen LogP contribution in [0.4, 0.5) is 80.3 Å².